The van der Waals surface area contributed by atoms with Gasteiger partial charge in [-0.15, -0.1) is 11.6 Å². The molecular formula is C14H17ClN2O3S. The highest BCUT2D eigenvalue weighted by Gasteiger charge is 2.22. The molecule has 2 rings (SSSR count). The van der Waals surface area contributed by atoms with Gasteiger partial charge in [0.1, 0.15) is 5.75 Å². The molecule has 0 radical (unpaired) electrons. The van der Waals surface area contributed by atoms with Crippen LogP contribution in [0.4, 0.5) is 0 Å². The number of H-pyrrole nitrogens is 1. The van der Waals surface area contributed by atoms with E-state index in [0.29, 0.717) is 5.69 Å². The highest BCUT2D eigenvalue weighted by Crippen LogP contribution is 2.19. The Labute approximate surface area is 129 Å². The van der Waals surface area contributed by atoms with Crippen LogP contribution in [0.3, 0.4) is 0 Å². The van der Waals surface area contributed by atoms with E-state index >= 15 is 0 Å². The lowest BCUT2D eigenvalue weighted by Gasteiger charge is -2.16. The molecular weight excluding hydrogens is 312 g/mol. The maximum absolute atomic E-state index is 12.4. The van der Waals surface area contributed by atoms with Crippen LogP contribution in [0.2, 0.25) is 0 Å². The van der Waals surface area contributed by atoms with Crippen LogP contribution >= 0.6 is 11.6 Å². The zero-order valence-corrected chi connectivity index (χ0v) is 13.4. The van der Waals surface area contributed by atoms with Gasteiger partial charge < -0.3 is 9.72 Å². The van der Waals surface area contributed by atoms with Gasteiger partial charge in [0.25, 0.3) is 0 Å². The number of hydrogen-bond donors (Lipinski definition) is 1. The Morgan fingerprint density at radius 2 is 1.95 bits per heavy atom. The van der Waals surface area contributed by atoms with Crippen LogP contribution < -0.4 is 4.74 Å². The van der Waals surface area contributed by atoms with Gasteiger partial charge in [-0.25, -0.2) is 8.42 Å². The Bertz CT molecular complexity index is 695. The molecule has 0 bridgehead atoms. The summed E-state index contributed by atoms with van der Waals surface area (Å²) in [5.74, 6) is 0.985. The first-order valence-corrected chi connectivity index (χ1v) is 8.27. The van der Waals surface area contributed by atoms with E-state index in [1.165, 1.54) is 10.5 Å². The molecule has 0 fully saturated rings. The number of hydrogen-bond acceptors (Lipinski definition) is 3. The third-order valence-electron chi connectivity index (χ3n) is 3.13. The first-order chi connectivity index (χ1) is 9.97. The topological polar surface area (TPSA) is 62.4 Å². The number of methoxy groups -OCH3 is 1. The number of benzene rings is 1. The van der Waals surface area contributed by atoms with Crippen LogP contribution in [0, 0.1) is 0 Å². The number of aromatic nitrogens is 1. The fourth-order valence-electron chi connectivity index (χ4n) is 1.90. The molecule has 114 valence electrons. The lowest BCUT2D eigenvalue weighted by Crippen LogP contribution is -2.26. The van der Waals surface area contributed by atoms with Gasteiger partial charge in [0.2, 0.25) is 10.0 Å². The molecule has 0 unspecified atom stereocenters. The fourth-order valence-corrected chi connectivity index (χ4v) is 3.23. The van der Waals surface area contributed by atoms with Crippen molar-refractivity contribution in [2.24, 2.45) is 0 Å². The largest absolute Gasteiger partial charge is 0.497 e. The molecule has 0 aliphatic rings. The van der Waals surface area contributed by atoms with E-state index in [-0.39, 0.29) is 17.3 Å². The number of alkyl halides is 1. The minimum atomic E-state index is -3.53. The van der Waals surface area contributed by atoms with Crippen molar-refractivity contribution in [2.75, 3.05) is 14.2 Å². The summed E-state index contributed by atoms with van der Waals surface area (Å²) in [6, 6.07) is 8.83. The van der Waals surface area contributed by atoms with Crippen molar-refractivity contribution in [3.8, 4) is 5.75 Å². The van der Waals surface area contributed by atoms with E-state index in [1.54, 1.807) is 32.4 Å². The van der Waals surface area contributed by atoms with Crippen molar-refractivity contribution in [2.45, 2.75) is 17.3 Å². The number of ether oxygens (including phenoxy) is 1. The van der Waals surface area contributed by atoms with Crippen molar-refractivity contribution in [1.29, 1.82) is 0 Å². The maximum Gasteiger partial charge on any atom is 0.244 e. The minimum Gasteiger partial charge on any atom is -0.497 e. The molecule has 0 saturated carbocycles. The van der Waals surface area contributed by atoms with Crippen molar-refractivity contribution >= 4 is 21.6 Å². The van der Waals surface area contributed by atoms with E-state index in [1.807, 2.05) is 12.1 Å². The van der Waals surface area contributed by atoms with Crippen LogP contribution in [0.1, 0.15) is 11.3 Å². The van der Waals surface area contributed by atoms with Crippen LogP contribution in [0.5, 0.6) is 5.75 Å². The van der Waals surface area contributed by atoms with E-state index in [9.17, 15) is 8.42 Å². The predicted octanol–water partition coefficient (Wildman–Crippen LogP) is 2.58. The Morgan fingerprint density at radius 3 is 2.48 bits per heavy atom. The zero-order chi connectivity index (χ0) is 15.5. The molecule has 0 saturated heterocycles. The third-order valence-corrected chi connectivity index (χ3v) is 5.20. The van der Waals surface area contributed by atoms with Gasteiger partial charge in [0.05, 0.1) is 17.9 Å². The second-order valence-corrected chi connectivity index (χ2v) is 6.92. The first-order valence-electron chi connectivity index (χ1n) is 6.30. The average Bonchev–Trinajstić information content (AvgIpc) is 2.97. The molecule has 0 aliphatic carbocycles. The van der Waals surface area contributed by atoms with Gasteiger partial charge in [-0.1, -0.05) is 12.1 Å². The Morgan fingerprint density at radius 1 is 1.29 bits per heavy atom. The summed E-state index contributed by atoms with van der Waals surface area (Å²) in [6.45, 7) is 0.285. The summed E-state index contributed by atoms with van der Waals surface area (Å²) in [7, 11) is -0.392. The lowest BCUT2D eigenvalue weighted by molar-refractivity contribution is 0.414. The van der Waals surface area contributed by atoms with Crippen LogP contribution in [-0.4, -0.2) is 31.9 Å². The predicted molar refractivity (Wildman–Crippen MR) is 82.0 cm³/mol. The van der Waals surface area contributed by atoms with Crippen molar-refractivity contribution < 1.29 is 13.2 Å². The number of rotatable bonds is 6. The van der Waals surface area contributed by atoms with E-state index in [2.05, 4.69) is 4.98 Å². The number of nitrogens with one attached hydrogen (secondary N) is 1. The molecule has 5 nitrogen and oxygen atoms in total. The van der Waals surface area contributed by atoms with Crippen LogP contribution in [-0.2, 0) is 22.4 Å². The molecule has 0 amide bonds. The molecule has 1 N–H and O–H groups in total. The zero-order valence-electron chi connectivity index (χ0n) is 11.8. The summed E-state index contributed by atoms with van der Waals surface area (Å²) in [5.41, 5.74) is 1.56. The molecule has 0 aliphatic heterocycles. The van der Waals surface area contributed by atoms with Gasteiger partial charge in [0, 0.05) is 25.5 Å². The fraction of sp³-hybridized carbons (Fsp3) is 0.286. The number of halogens is 1. The molecule has 1 aromatic heterocycles. The summed E-state index contributed by atoms with van der Waals surface area (Å²) in [5, 5.41) is 0. The minimum absolute atomic E-state index is 0.217. The summed E-state index contributed by atoms with van der Waals surface area (Å²) < 4.78 is 31.2. The van der Waals surface area contributed by atoms with Gasteiger partial charge in [-0.2, -0.15) is 4.31 Å². The molecule has 1 aromatic carbocycles. The standard InChI is InChI=1S/C14H17ClN2O3S/c1-17(10-11-3-5-13(20-2)6-4-11)21(18,19)14-7-12(8-15)16-9-14/h3-7,9,16H,8,10H2,1-2H3. The quantitative estimate of drug-likeness (QED) is 0.829. The first kappa shape index (κ1) is 15.9. The van der Waals surface area contributed by atoms with Crippen molar-refractivity contribution in [3.05, 3.63) is 47.8 Å². The number of nitrogens with zero attached hydrogens (tertiary/aromatic N) is 1. The summed E-state index contributed by atoms with van der Waals surface area (Å²) in [6.07, 6.45) is 1.46. The van der Waals surface area contributed by atoms with E-state index in [4.69, 9.17) is 16.3 Å². The smallest absolute Gasteiger partial charge is 0.244 e. The third kappa shape index (κ3) is 3.58. The van der Waals surface area contributed by atoms with Gasteiger partial charge in [-0.05, 0) is 23.8 Å². The van der Waals surface area contributed by atoms with Crippen LogP contribution in [0.15, 0.2) is 41.4 Å². The number of sulfonamides is 1. The highest BCUT2D eigenvalue weighted by atomic mass is 35.5. The SMILES string of the molecule is COc1ccc(CN(C)S(=O)(=O)c2c[nH]c(CCl)c2)cc1. The monoisotopic (exact) mass is 328 g/mol. The molecule has 1 heterocycles. The van der Waals surface area contributed by atoms with E-state index in [0.717, 1.165) is 11.3 Å². The van der Waals surface area contributed by atoms with Crippen molar-refractivity contribution in [3.63, 3.8) is 0 Å². The van der Waals surface area contributed by atoms with Gasteiger partial charge >= 0.3 is 0 Å². The summed E-state index contributed by atoms with van der Waals surface area (Å²) in [4.78, 5) is 3.06. The Hall–Kier alpha value is -1.50. The maximum atomic E-state index is 12.4. The second kappa shape index (κ2) is 6.51. The average molecular weight is 329 g/mol. The number of aromatic amines is 1. The lowest BCUT2D eigenvalue weighted by atomic mass is 10.2. The van der Waals surface area contributed by atoms with Gasteiger partial charge in [-0.3, -0.25) is 0 Å². The molecule has 0 spiro atoms. The molecule has 2 aromatic rings. The molecule has 7 heteroatoms. The molecule has 0 atom stereocenters. The normalized spacial score (nSPS) is 11.8. The van der Waals surface area contributed by atoms with Crippen LogP contribution in [0.25, 0.3) is 0 Å². The summed E-state index contributed by atoms with van der Waals surface area (Å²) >= 11 is 5.68. The second-order valence-electron chi connectivity index (χ2n) is 4.60. The van der Waals surface area contributed by atoms with Crippen molar-refractivity contribution in [1.82, 2.24) is 9.29 Å². The highest BCUT2D eigenvalue weighted by molar-refractivity contribution is 7.89. The molecule has 21 heavy (non-hydrogen) atoms. The Kier molecular flexibility index (Phi) is 4.92. The Balaban J connectivity index is 2.15. The van der Waals surface area contributed by atoms with Gasteiger partial charge in [0.15, 0.2) is 0 Å². The van der Waals surface area contributed by atoms with E-state index < -0.39 is 10.0 Å².